The van der Waals surface area contributed by atoms with Crippen molar-refractivity contribution in [2.45, 2.75) is 31.7 Å². The largest absolute Gasteiger partial charge is 0.394 e. The first-order valence-electron chi connectivity index (χ1n) is 3.64. The molecule has 0 aromatic rings. The normalized spacial score (nSPS) is 16.8. The van der Waals surface area contributed by atoms with Crippen molar-refractivity contribution < 1.29 is 9.50 Å². The number of rotatable bonds is 5. The third-order valence-corrected chi connectivity index (χ3v) is 1.83. The second-order valence-corrected chi connectivity index (χ2v) is 2.67. The first-order valence-corrected chi connectivity index (χ1v) is 3.64. The van der Waals surface area contributed by atoms with Crippen LogP contribution in [0.1, 0.15) is 26.2 Å². The quantitative estimate of drug-likeness (QED) is 0.608. The fourth-order valence-electron chi connectivity index (χ4n) is 0.787. The summed E-state index contributed by atoms with van der Waals surface area (Å²) in [5.41, 5.74) is 5.12. The predicted molar refractivity (Wildman–Crippen MR) is 39.5 cm³/mol. The van der Waals surface area contributed by atoms with Gasteiger partial charge in [-0.2, -0.15) is 0 Å². The van der Waals surface area contributed by atoms with Crippen molar-refractivity contribution in [3.8, 4) is 0 Å². The van der Waals surface area contributed by atoms with Crippen molar-refractivity contribution in [1.29, 1.82) is 0 Å². The molecule has 0 heterocycles. The summed E-state index contributed by atoms with van der Waals surface area (Å²) in [5, 5.41) is 8.76. The molecule has 0 aromatic heterocycles. The van der Waals surface area contributed by atoms with E-state index in [0.717, 1.165) is 0 Å². The van der Waals surface area contributed by atoms with Crippen LogP contribution in [-0.4, -0.2) is 23.9 Å². The Morgan fingerprint density at radius 1 is 1.60 bits per heavy atom. The molecule has 62 valence electrons. The van der Waals surface area contributed by atoms with E-state index in [-0.39, 0.29) is 13.3 Å². The Morgan fingerprint density at radius 2 is 2.20 bits per heavy atom. The van der Waals surface area contributed by atoms with Gasteiger partial charge in [-0.1, -0.05) is 6.92 Å². The summed E-state index contributed by atoms with van der Waals surface area (Å²) in [5.74, 6) is 0. The third kappa shape index (κ3) is 3.13. The van der Waals surface area contributed by atoms with Crippen LogP contribution in [0.25, 0.3) is 0 Å². The topological polar surface area (TPSA) is 46.2 Å². The lowest BCUT2D eigenvalue weighted by Crippen LogP contribution is -2.42. The van der Waals surface area contributed by atoms with Crippen molar-refractivity contribution in [2.24, 2.45) is 5.73 Å². The fraction of sp³-hybridized carbons (Fsp3) is 1.00. The van der Waals surface area contributed by atoms with Gasteiger partial charge in [0.15, 0.2) is 0 Å². The molecule has 2 nitrogen and oxygen atoms in total. The minimum absolute atomic E-state index is 0.0521. The summed E-state index contributed by atoms with van der Waals surface area (Å²) >= 11 is 0. The second kappa shape index (κ2) is 4.63. The lowest BCUT2D eigenvalue weighted by atomic mass is 9.93. The highest BCUT2D eigenvalue weighted by Crippen LogP contribution is 2.12. The van der Waals surface area contributed by atoms with Crippen LogP contribution in [0.5, 0.6) is 0 Å². The zero-order valence-corrected chi connectivity index (χ0v) is 6.44. The summed E-state index contributed by atoms with van der Waals surface area (Å²) in [6.07, 6.45) is 1.71. The number of alkyl halides is 1. The Balaban J connectivity index is 3.58. The standard InChI is InChI=1S/C7H16FNO/c1-2-7(9,6-10)4-3-5-8/h10H,2-6,9H2,1H3/t7-/m0/s1. The molecular formula is C7H16FNO. The third-order valence-electron chi connectivity index (χ3n) is 1.83. The highest BCUT2D eigenvalue weighted by atomic mass is 19.1. The van der Waals surface area contributed by atoms with Gasteiger partial charge in [0.2, 0.25) is 0 Å². The number of hydrogen-bond acceptors (Lipinski definition) is 2. The van der Waals surface area contributed by atoms with Gasteiger partial charge in [0.05, 0.1) is 13.3 Å². The molecule has 3 N–H and O–H groups in total. The Hall–Kier alpha value is -0.150. The molecule has 0 spiro atoms. The van der Waals surface area contributed by atoms with E-state index in [1.165, 1.54) is 0 Å². The highest BCUT2D eigenvalue weighted by molar-refractivity contribution is 4.80. The van der Waals surface area contributed by atoms with Crippen molar-refractivity contribution >= 4 is 0 Å². The van der Waals surface area contributed by atoms with Crippen LogP contribution in [0.3, 0.4) is 0 Å². The molecule has 3 heteroatoms. The Kier molecular flexibility index (Phi) is 4.56. The molecule has 0 aliphatic carbocycles. The van der Waals surface area contributed by atoms with E-state index in [0.29, 0.717) is 19.3 Å². The van der Waals surface area contributed by atoms with Crippen LogP contribution < -0.4 is 5.73 Å². The van der Waals surface area contributed by atoms with E-state index in [1.807, 2.05) is 6.92 Å². The van der Waals surface area contributed by atoms with Gasteiger partial charge in [-0.05, 0) is 19.3 Å². The average molecular weight is 149 g/mol. The maximum atomic E-state index is 11.7. The second-order valence-electron chi connectivity index (χ2n) is 2.67. The van der Waals surface area contributed by atoms with Crippen molar-refractivity contribution in [2.75, 3.05) is 13.3 Å². The van der Waals surface area contributed by atoms with Crippen molar-refractivity contribution in [3.63, 3.8) is 0 Å². The lowest BCUT2D eigenvalue weighted by Gasteiger charge is -2.24. The molecule has 1 atom stereocenters. The van der Waals surface area contributed by atoms with Crippen LogP contribution in [-0.2, 0) is 0 Å². The molecule has 0 bridgehead atoms. The van der Waals surface area contributed by atoms with Gasteiger partial charge in [0.25, 0.3) is 0 Å². The van der Waals surface area contributed by atoms with Crippen molar-refractivity contribution in [1.82, 2.24) is 0 Å². The molecule has 0 unspecified atom stereocenters. The van der Waals surface area contributed by atoms with Gasteiger partial charge in [-0.25, -0.2) is 0 Å². The monoisotopic (exact) mass is 149 g/mol. The fourth-order valence-corrected chi connectivity index (χ4v) is 0.787. The maximum absolute atomic E-state index is 11.7. The molecule has 0 radical (unpaired) electrons. The van der Waals surface area contributed by atoms with E-state index >= 15 is 0 Å². The maximum Gasteiger partial charge on any atom is 0.0895 e. The number of aliphatic hydroxyl groups is 1. The van der Waals surface area contributed by atoms with Crippen LogP contribution in [0.4, 0.5) is 4.39 Å². The number of aliphatic hydroxyl groups excluding tert-OH is 1. The molecule has 0 rings (SSSR count). The summed E-state index contributed by atoms with van der Waals surface area (Å²) in [7, 11) is 0. The molecule has 10 heavy (non-hydrogen) atoms. The van der Waals surface area contributed by atoms with E-state index in [1.54, 1.807) is 0 Å². The van der Waals surface area contributed by atoms with Crippen molar-refractivity contribution in [3.05, 3.63) is 0 Å². The Morgan fingerprint density at radius 3 is 2.50 bits per heavy atom. The number of hydrogen-bond donors (Lipinski definition) is 2. The van der Waals surface area contributed by atoms with Crippen LogP contribution in [0, 0.1) is 0 Å². The van der Waals surface area contributed by atoms with E-state index in [4.69, 9.17) is 10.8 Å². The average Bonchev–Trinajstić information content (AvgIpc) is 2.00. The van der Waals surface area contributed by atoms with E-state index in [9.17, 15) is 4.39 Å². The highest BCUT2D eigenvalue weighted by Gasteiger charge is 2.20. The molecule has 0 saturated heterocycles. The van der Waals surface area contributed by atoms with Gasteiger partial charge in [0.1, 0.15) is 0 Å². The minimum Gasteiger partial charge on any atom is -0.394 e. The van der Waals surface area contributed by atoms with Crippen LogP contribution in [0.2, 0.25) is 0 Å². The first kappa shape index (κ1) is 9.85. The first-order chi connectivity index (χ1) is 4.68. The molecule has 0 aliphatic heterocycles. The summed E-state index contributed by atoms with van der Waals surface area (Å²) in [6, 6.07) is 0. The molecule has 0 fully saturated rings. The summed E-state index contributed by atoms with van der Waals surface area (Å²) < 4.78 is 11.7. The Bertz CT molecular complexity index is 83.7. The van der Waals surface area contributed by atoms with Gasteiger partial charge in [-0.15, -0.1) is 0 Å². The number of nitrogens with two attached hydrogens (primary N) is 1. The molecule has 0 aliphatic rings. The van der Waals surface area contributed by atoms with Gasteiger partial charge in [-0.3, -0.25) is 4.39 Å². The van der Waals surface area contributed by atoms with Gasteiger partial charge >= 0.3 is 0 Å². The lowest BCUT2D eigenvalue weighted by molar-refractivity contribution is 0.177. The Labute approximate surface area is 61.2 Å². The van der Waals surface area contributed by atoms with Gasteiger partial charge in [0, 0.05) is 5.54 Å². The SMILES string of the molecule is CC[C@@](N)(CO)CCCF. The predicted octanol–water partition coefficient (Wildman–Crippen LogP) is 0.836. The van der Waals surface area contributed by atoms with E-state index < -0.39 is 5.54 Å². The molecular weight excluding hydrogens is 133 g/mol. The molecule has 0 amide bonds. The minimum atomic E-state index is -0.550. The van der Waals surface area contributed by atoms with E-state index in [2.05, 4.69) is 0 Å². The van der Waals surface area contributed by atoms with Gasteiger partial charge < -0.3 is 10.8 Å². The zero-order chi connectivity index (χ0) is 8.04. The molecule has 0 aromatic carbocycles. The van der Waals surface area contributed by atoms with Crippen LogP contribution in [0.15, 0.2) is 0 Å². The summed E-state index contributed by atoms with van der Waals surface area (Å²) in [4.78, 5) is 0. The summed E-state index contributed by atoms with van der Waals surface area (Å²) in [6.45, 7) is 1.50. The number of halogens is 1. The zero-order valence-electron chi connectivity index (χ0n) is 6.44. The smallest absolute Gasteiger partial charge is 0.0895 e. The molecule has 0 saturated carbocycles. The van der Waals surface area contributed by atoms with Crippen LogP contribution >= 0.6 is 0 Å².